The quantitative estimate of drug-likeness (QED) is 0.651. The van der Waals surface area contributed by atoms with Gasteiger partial charge in [-0.15, -0.1) is 24.8 Å². The molecule has 2 N–H and O–H groups in total. The van der Waals surface area contributed by atoms with Crippen LogP contribution < -0.4 is 20.1 Å². The molecule has 1 fully saturated rings. The van der Waals surface area contributed by atoms with Gasteiger partial charge in [-0.25, -0.2) is 4.98 Å². The molecule has 2 aromatic rings. The standard InChI is InChI=1S/C21H27N3O3.2ClH/c1-15(16-4-3-11-22-13-16)12-20(25)24-17-5-10-21(23-14-17)27-19-8-6-18(26-2)7-9-19;;/h5-10,14-16,22H,3-4,11-13H2,1-2H3,(H,24,25);2*1H. The molecule has 1 aromatic carbocycles. The Morgan fingerprint density at radius 1 is 1.21 bits per heavy atom. The number of pyridine rings is 1. The first-order valence-electron chi connectivity index (χ1n) is 9.42. The van der Waals surface area contributed by atoms with Crippen LogP contribution in [0.4, 0.5) is 5.69 Å². The third kappa shape index (κ3) is 7.72. The fourth-order valence-corrected chi connectivity index (χ4v) is 3.31. The zero-order valence-corrected chi connectivity index (χ0v) is 18.4. The molecule has 2 atom stereocenters. The number of piperidine rings is 1. The van der Waals surface area contributed by atoms with Crippen molar-refractivity contribution in [1.82, 2.24) is 10.3 Å². The fraction of sp³-hybridized carbons (Fsp3) is 0.429. The highest BCUT2D eigenvalue weighted by molar-refractivity contribution is 5.90. The Hall–Kier alpha value is -2.02. The van der Waals surface area contributed by atoms with E-state index in [-0.39, 0.29) is 30.7 Å². The van der Waals surface area contributed by atoms with Crippen LogP contribution in [-0.4, -0.2) is 31.1 Å². The van der Waals surface area contributed by atoms with Crippen LogP contribution in [0.15, 0.2) is 42.6 Å². The van der Waals surface area contributed by atoms with Crippen molar-refractivity contribution in [2.45, 2.75) is 26.2 Å². The molecule has 8 heteroatoms. The summed E-state index contributed by atoms with van der Waals surface area (Å²) < 4.78 is 10.8. The summed E-state index contributed by atoms with van der Waals surface area (Å²) in [5.41, 5.74) is 0.677. The predicted molar refractivity (Wildman–Crippen MR) is 120 cm³/mol. The molecule has 160 valence electrons. The van der Waals surface area contributed by atoms with Crippen LogP contribution in [0.2, 0.25) is 0 Å². The minimum Gasteiger partial charge on any atom is -0.497 e. The summed E-state index contributed by atoms with van der Waals surface area (Å²) in [5.74, 6) is 2.88. The number of hydrogen-bond donors (Lipinski definition) is 2. The maximum atomic E-state index is 12.3. The number of carbonyl (C=O) groups excluding carboxylic acids is 1. The van der Waals surface area contributed by atoms with Crippen molar-refractivity contribution in [3.05, 3.63) is 42.6 Å². The zero-order valence-electron chi connectivity index (χ0n) is 16.7. The average molecular weight is 442 g/mol. The molecule has 2 unspecified atom stereocenters. The van der Waals surface area contributed by atoms with E-state index in [0.29, 0.717) is 35.6 Å². The number of hydrogen-bond acceptors (Lipinski definition) is 5. The number of benzene rings is 1. The topological polar surface area (TPSA) is 72.5 Å². The van der Waals surface area contributed by atoms with E-state index in [1.54, 1.807) is 25.4 Å². The van der Waals surface area contributed by atoms with Gasteiger partial charge in [0.1, 0.15) is 11.5 Å². The van der Waals surface area contributed by atoms with E-state index in [2.05, 4.69) is 22.5 Å². The Morgan fingerprint density at radius 2 is 1.93 bits per heavy atom. The fourth-order valence-electron chi connectivity index (χ4n) is 3.31. The second-order valence-corrected chi connectivity index (χ2v) is 7.00. The molecule has 1 aliphatic rings. The SMILES string of the molecule is COc1ccc(Oc2ccc(NC(=O)CC(C)C3CCCNC3)cn2)cc1.Cl.Cl. The lowest BCUT2D eigenvalue weighted by Gasteiger charge is -2.28. The first-order valence-corrected chi connectivity index (χ1v) is 9.42. The Kier molecular flexibility index (Phi) is 10.8. The van der Waals surface area contributed by atoms with Gasteiger partial charge in [-0.1, -0.05) is 6.92 Å². The lowest BCUT2D eigenvalue weighted by Crippen LogP contribution is -2.34. The summed E-state index contributed by atoms with van der Waals surface area (Å²) in [6.07, 6.45) is 4.52. The Labute approximate surface area is 184 Å². The number of carbonyl (C=O) groups is 1. The highest BCUT2D eigenvalue weighted by Crippen LogP contribution is 2.24. The molecular weight excluding hydrogens is 413 g/mol. The van der Waals surface area contributed by atoms with E-state index in [1.165, 1.54) is 12.8 Å². The van der Waals surface area contributed by atoms with Gasteiger partial charge in [0.2, 0.25) is 11.8 Å². The van der Waals surface area contributed by atoms with Gasteiger partial charge < -0.3 is 20.1 Å². The van der Waals surface area contributed by atoms with Crippen molar-refractivity contribution < 1.29 is 14.3 Å². The summed E-state index contributed by atoms with van der Waals surface area (Å²) in [4.78, 5) is 16.6. The number of amides is 1. The first kappa shape index (κ1) is 25.0. The number of ether oxygens (including phenoxy) is 2. The second kappa shape index (κ2) is 12.5. The summed E-state index contributed by atoms with van der Waals surface area (Å²) in [5, 5.41) is 6.33. The summed E-state index contributed by atoms with van der Waals surface area (Å²) in [6, 6.07) is 10.8. The molecule has 1 aromatic heterocycles. The molecule has 1 amide bonds. The largest absolute Gasteiger partial charge is 0.497 e. The Bertz CT molecular complexity index is 736. The average Bonchev–Trinajstić information content (AvgIpc) is 2.70. The van der Waals surface area contributed by atoms with E-state index in [1.807, 2.05) is 24.3 Å². The van der Waals surface area contributed by atoms with Gasteiger partial charge in [-0.2, -0.15) is 0 Å². The molecule has 0 saturated carbocycles. The van der Waals surface area contributed by atoms with Crippen LogP contribution in [0.3, 0.4) is 0 Å². The third-order valence-corrected chi connectivity index (χ3v) is 4.95. The van der Waals surface area contributed by atoms with Crippen LogP contribution >= 0.6 is 24.8 Å². The molecule has 0 bridgehead atoms. The number of anilines is 1. The van der Waals surface area contributed by atoms with Crippen molar-refractivity contribution in [2.75, 3.05) is 25.5 Å². The third-order valence-electron chi connectivity index (χ3n) is 4.95. The maximum absolute atomic E-state index is 12.3. The van der Waals surface area contributed by atoms with E-state index in [9.17, 15) is 4.79 Å². The smallest absolute Gasteiger partial charge is 0.224 e. The molecule has 0 aliphatic carbocycles. The number of methoxy groups -OCH3 is 1. The maximum Gasteiger partial charge on any atom is 0.224 e. The predicted octanol–water partition coefficient (Wildman–Crippen LogP) is 4.69. The molecule has 1 aliphatic heterocycles. The van der Waals surface area contributed by atoms with Crippen LogP contribution in [0.5, 0.6) is 17.4 Å². The molecule has 2 heterocycles. The van der Waals surface area contributed by atoms with Gasteiger partial charge in [0.15, 0.2) is 0 Å². The lowest BCUT2D eigenvalue weighted by atomic mass is 9.85. The molecule has 6 nitrogen and oxygen atoms in total. The minimum atomic E-state index is 0. The first-order chi connectivity index (χ1) is 13.1. The van der Waals surface area contributed by atoms with E-state index in [0.717, 1.165) is 18.8 Å². The van der Waals surface area contributed by atoms with Gasteiger partial charge in [-0.05, 0) is 68.1 Å². The van der Waals surface area contributed by atoms with E-state index in [4.69, 9.17) is 9.47 Å². The van der Waals surface area contributed by atoms with Crippen LogP contribution in [0.25, 0.3) is 0 Å². The summed E-state index contributed by atoms with van der Waals surface area (Å²) in [6.45, 7) is 4.25. The second-order valence-electron chi connectivity index (χ2n) is 7.00. The van der Waals surface area contributed by atoms with Crippen molar-refractivity contribution >= 4 is 36.4 Å². The number of halogens is 2. The summed E-state index contributed by atoms with van der Waals surface area (Å²) >= 11 is 0. The highest BCUT2D eigenvalue weighted by atomic mass is 35.5. The summed E-state index contributed by atoms with van der Waals surface area (Å²) in [7, 11) is 1.62. The molecular formula is C21H29Cl2N3O3. The van der Waals surface area contributed by atoms with Crippen molar-refractivity contribution in [1.29, 1.82) is 0 Å². The molecule has 0 radical (unpaired) electrons. The van der Waals surface area contributed by atoms with Crippen molar-refractivity contribution in [2.24, 2.45) is 11.8 Å². The van der Waals surface area contributed by atoms with E-state index < -0.39 is 0 Å². The zero-order chi connectivity index (χ0) is 19.1. The highest BCUT2D eigenvalue weighted by Gasteiger charge is 2.22. The van der Waals surface area contributed by atoms with Crippen molar-refractivity contribution in [3.63, 3.8) is 0 Å². The molecule has 1 saturated heterocycles. The van der Waals surface area contributed by atoms with E-state index >= 15 is 0 Å². The lowest BCUT2D eigenvalue weighted by molar-refractivity contribution is -0.117. The Morgan fingerprint density at radius 3 is 2.52 bits per heavy atom. The van der Waals surface area contributed by atoms with Gasteiger partial charge in [0, 0.05) is 12.5 Å². The monoisotopic (exact) mass is 441 g/mol. The Balaban J connectivity index is 0.00000210. The molecule has 29 heavy (non-hydrogen) atoms. The van der Waals surface area contributed by atoms with Gasteiger partial charge >= 0.3 is 0 Å². The van der Waals surface area contributed by atoms with Crippen LogP contribution in [-0.2, 0) is 4.79 Å². The number of rotatable bonds is 7. The van der Waals surface area contributed by atoms with Gasteiger partial charge in [-0.3, -0.25) is 4.79 Å². The number of nitrogens with zero attached hydrogens (tertiary/aromatic N) is 1. The van der Waals surface area contributed by atoms with Gasteiger partial charge in [0.05, 0.1) is 19.0 Å². The van der Waals surface area contributed by atoms with Crippen LogP contribution in [0, 0.1) is 11.8 Å². The number of nitrogens with one attached hydrogen (secondary N) is 2. The van der Waals surface area contributed by atoms with Crippen LogP contribution in [0.1, 0.15) is 26.2 Å². The van der Waals surface area contributed by atoms with Gasteiger partial charge in [0.25, 0.3) is 0 Å². The minimum absolute atomic E-state index is 0. The normalized spacial score (nSPS) is 16.6. The molecule has 3 rings (SSSR count). The number of aromatic nitrogens is 1. The van der Waals surface area contributed by atoms with Crippen molar-refractivity contribution in [3.8, 4) is 17.4 Å². The molecule has 0 spiro atoms.